The van der Waals surface area contributed by atoms with Crippen LogP contribution in [0.1, 0.15) is 45.2 Å². The molecule has 1 heterocycles. The third-order valence-corrected chi connectivity index (χ3v) is 3.97. The van der Waals surface area contributed by atoms with E-state index in [0.717, 1.165) is 5.56 Å². The van der Waals surface area contributed by atoms with Gasteiger partial charge in [0.25, 0.3) is 0 Å². The third-order valence-electron chi connectivity index (χ3n) is 3.97. The number of benzene rings is 1. The van der Waals surface area contributed by atoms with Gasteiger partial charge in [0.2, 0.25) is 0 Å². The topological polar surface area (TPSA) is 12.5 Å². The highest BCUT2D eigenvalue weighted by Crippen LogP contribution is 2.38. The molecule has 0 N–H and O–H groups in total. The van der Waals surface area contributed by atoms with E-state index in [4.69, 9.17) is 0 Å². The van der Waals surface area contributed by atoms with Gasteiger partial charge in [0.05, 0.1) is 6.10 Å². The zero-order chi connectivity index (χ0) is 16.5. The Morgan fingerprint density at radius 2 is 1.68 bits per heavy atom. The van der Waals surface area contributed by atoms with E-state index in [1.165, 1.54) is 12.1 Å². The molecule has 1 aliphatic rings. The van der Waals surface area contributed by atoms with Crippen molar-refractivity contribution in [3.8, 4) is 0 Å². The molecule has 6 heteroatoms. The number of hydrogen-bond acceptors (Lipinski definition) is 2. The zero-order valence-electron chi connectivity index (χ0n) is 13.0. The molecule has 1 fully saturated rings. The van der Waals surface area contributed by atoms with Crippen molar-refractivity contribution in [2.75, 3.05) is 6.54 Å². The number of likely N-dealkylation sites (tertiary alicyclic amines) is 1. The molecule has 0 spiro atoms. The minimum Gasteiger partial charge on any atom is -0.291 e. The first-order valence-electron chi connectivity index (χ1n) is 7.33. The highest BCUT2D eigenvalue weighted by Gasteiger charge is 2.40. The van der Waals surface area contributed by atoms with Gasteiger partial charge in [-0.1, -0.05) is 12.1 Å². The number of halogens is 4. The third kappa shape index (κ3) is 4.43. The number of piperidine rings is 1. The van der Waals surface area contributed by atoms with E-state index in [-0.39, 0.29) is 23.8 Å². The second-order valence-corrected chi connectivity index (χ2v) is 6.64. The molecule has 22 heavy (non-hydrogen) atoms. The van der Waals surface area contributed by atoms with Gasteiger partial charge in [-0.05, 0) is 51.3 Å². The lowest BCUT2D eigenvalue weighted by molar-refractivity contribution is -0.347. The summed E-state index contributed by atoms with van der Waals surface area (Å²) in [6.07, 6.45) is -4.92. The first kappa shape index (κ1) is 17.2. The molecule has 0 amide bonds. The normalized spacial score (nSPS) is 24.5. The summed E-state index contributed by atoms with van der Waals surface area (Å²) in [5.74, 6) is -0.357. The van der Waals surface area contributed by atoms with Crippen molar-refractivity contribution < 1.29 is 22.3 Å². The maximum absolute atomic E-state index is 13.1. The number of alkyl halides is 3. The molecule has 1 aliphatic heterocycles. The van der Waals surface area contributed by atoms with E-state index in [1.807, 2.05) is 20.8 Å². The van der Waals surface area contributed by atoms with Crippen LogP contribution in [-0.2, 0) is 4.74 Å². The van der Waals surface area contributed by atoms with Crippen LogP contribution in [0.15, 0.2) is 24.3 Å². The summed E-state index contributed by atoms with van der Waals surface area (Å²) >= 11 is 0. The van der Waals surface area contributed by atoms with E-state index < -0.39 is 12.5 Å². The Hall–Kier alpha value is -1.14. The molecule has 0 saturated carbocycles. The van der Waals surface area contributed by atoms with E-state index in [2.05, 4.69) is 9.64 Å². The standard InChI is InChI=1S/C16H21F4NO/c1-15(2,3)21-9-8-13(22-16(18,19)20)10-14(21)11-4-6-12(17)7-5-11/h4-7,13-14H,8-10H2,1-3H3/t13-,14+/m1/s1. The van der Waals surface area contributed by atoms with Gasteiger partial charge in [0.1, 0.15) is 5.82 Å². The van der Waals surface area contributed by atoms with Gasteiger partial charge in [-0.15, -0.1) is 13.2 Å². The van der Waals surface area contributed by atoms with Crippen molar-refractivity contribution >= 4 is 0 Å². The molecular formula is C16H21F4NO. The second kappa shape index (κ2) is 6.16. The molecule has 0 radical (unpaired) electrons. The largest absolute Gasteiger partial charge is 0.522 e. The highest BCUT2D eigenvalue weighted by molar-refractivity contribution is 5.21. The molecule has 2 rings (SSSR count). The summed E-state index contributed by atoms with van der Waals surface area (Å²) in [6, 6.07) is 5.72. The van der Waals surface area contributed by atoms with Gasteiger partial charge >= 0.3 is 6.36 Å². The molecule has 0 unspecified atom stereocenters. The molecule has 0 aromatic heterocycles. The average Bonchev–Trinajstić information content (AvgIpc) is 2.36. The van der Waals surface area contributed by atoms with Crippen LogP contribution in [0.4, 0.5) is 17.6 Å². The van der Waals surface area contributed by atoms with Gasteiger partial charge < -0.3 is 0 Å². The van der Waals surface area contributed by atoms with Gasteiger partial charge in [-0.25, -0.2) is 4.39 Å². The van der Waals surface area contributed by atoms with Crippen molar-refractivity contribution in [3.05, 3.63) is 35.6 Å². The van der Waals surface area contributed by atoms with Crippen LogP contribution in [-0.4, -0.2) is 29.4 Å². The maximum atomic E-state index is 13.1. The van der Waals surface area contributed by atoms with Gasteiger partial charge in [0, 0.05) is 18.1 Å². The quantitative estimate of drug-likeness (QED) is 0.735. The fraction of sp³-hybridized carbons (Fsp3) is 0.625. The smallest absolute Gasteiger partial charge is 0.291 e. The zero-order valence-corrected chi connectivity index (χ0v) is 13.0. The van der Waals surface area contributed by atoms with Crippen molar-refractivity contribution in [1.29, 1.82) is 0 Å². The Balaban J connectivity index is 2.23. The summed E-state index contributed by atoms with van der Waals surface area (Å²) in [4.78, 5) is 2.15. The Labute approximate surface area is 128 Å². The van der Waals surface area contributed by atoms with Crippen LogP contribution >= 0.6 is 0 Å². The SMILES string of the molecule is CC(C)(C)N1CC[C@@H](OC(F)(F)F)C[C@H]1c1ccc(F)cc1. The summed E-state index contributed by atoms with van der Waals surface area (Å²) in [5, 5.41) is 0. The summed E-state index contributed by atoms with van der Waals surface area (Å²) in [6.45, 7) is 6.57. The van der Waals surface area contributed by atoms with Gasteiger partial charge in [0.15, 0.2) is 0 Å². The average molecular weight is 319 g/mol. The van der Waals surface area contributed by atoms with Crippen LogP contribution < -0.4 is 0 Å². The van der Waals surface area contributed by atoms with Crippen molar-refractivity contribution in [2.45, 2.75) is 57.7 Å². The number of nitrogens with zero attached hydrogens (tertiary/aromatic N) is 1. The van der Waals surface area contributed by atoms with Gasteiger partial charge in [-0.3, -0.25) is 9.64 Å². The molecule has 1 saturated heterocycles. The summed E-state index contributed by atoms with van der Waals surface area (Å²) in [5.41, 5.74) is 0.620. The lowest BCUT2D eigenvalue weighted by Crippen LogP contribution is -2.50. The van der Waals surface area contributed by atoms with E-state index >= 15 is 0 Å². The van der Waals surface area contributed by atoms with Crippen LogP contribution in [0.3, 0.4) is 0 Å². The fourth-order valence-electron chi connectivity index (χ4n) is 3.03. The van der Waals surface area contributed by atoms with Gasteiger partial charge in [-0.2, -0.15) is 0 Å². The number of rotatable bonds is 2. The number of ether oxygens (including phenoxy) is 1. The first-order chi connectivity index (χ1) is 10.1. The first-order valence-corrected chi connectivity index (χ1v) is 7.33. The van der Waals surface area contributed by atoms with Crippen molar-refractivity contribution in [2.24, 2.45) is 0 Å². The van der Waals surface area contributed by atoms with E-state index in [9.17, 15) is 17.6 Å². The molecule has 1 aromatic rings. The minimum absolute atomic E-state index is 0.192. The highest BCUT2D eigenvalue weighted by atomic mass is 19.4. The lowest BCUT2D eigenvalue weighted by atomic mass is 9.88. The minimum atomic E-state index is -4.62. The summed E-state index contributed by atoms with van der Waals surface area (Å²) in [7, 11) is 0. The molecular weight excluding hydrogens is 298 g/mol. The predicted octanol–water partition coefficient (Wildman–Crippen LogP) is 4.67. The van der Waals surface area contributed by atoms with Crippen LogP contribution in [0.2, 0.25) is 0 Å². The van der Waals surface area contributed by atoms with E-state index in [1.54, 1.807) is 12.1 Å². The van der Waals surface area contributed by atoms with E-state index in [0.29, 0.717) is 13.0 Å². The van der Waals surface area contributed by atoms with Crippen LogP contribution in [0.5, 0.6) is 0 Å². The van der Waals surface area contributed by atoms with Crippen LogP contribution in [0.25, 0.3) is 0 Å². The molecule has 2 nitrogen and oxygen atoms in total. The lowest BCUT2D eigenvalue weighted by Gasteiger charge is -2.47. The maximum Gasteiger partial charge on any atom is 0.522 e. The van der Waals surface area contributed by atoms with Crippen molar-refractivity contribution in [3.63, 3.8) is 0 Å². The molecule has 1 aromatic carbocycles. The Morgan fingerprint density at radius 1 is 1.09 bits per heavy atom. The summed E-state index contributed by atoms with van der Waals surface area (Å²) < 4.78 is 54.7. The predicted molar refractivity (Wildman–Crippen MR) is 75.8 cm³/mol. The Bertz CT molecular complexity index is 492. The molecule has 124 valence electrons. The molecule has 0 aliphatic carbocycles. The number of hydrogen-bond donors (Lipinski definition) is 0. The van der Waals surface area contributed by atoms with Crippen LogP contribution in [0, 0.1) is 5.82 Å². The Morgan fingerprint density at radius 3 is 2.18 bits per heavy atom. The Kier molecular flexibility index (Phi) is 4.82. The molecule has 2 atom stereocenters. The second-order valence-electron chi connectivity index (χ2n) is 6.64. The van der Waals surface area contributed by atoms with Crippen molar-refractivity contribution in [1.82, 2.24) is 4.90 Å². The molecule has 0 bridgehead atoms. The monoisotopic (exact) mass is 319 g/mol. The fourth-order valence-corrected chi connectivity index (χ4v) is 3.03.